The number of hydrogen-bond donors (Lipinski definition) is 1. The first-order chi connectivity index (χ1) is 11.2. The predicted octanol–water partition coefficient (Wildman–Crippen LogP) is 4.50. The highest BCUT2D eigenvalue weighted by Gasteiger charge is 2.31. The van der Waals surface area contributed by atoms with Crippen LogP contribution < -0.4 is 0 Å². The van der Waals surface area contributed by atoms with Gasteiger partial charge >= 0.3 is 5.97 Å². The summed E-state index contributed by atoms with van der Waals surface area (Å²) in [7, 11) is 1.43. The van der Waals surface area contributed by atoms with Crippen molar-refractivity contribution in [3.8, 4) is 0 Å². The van der Waals surface area contributed by atoms with Crippen LogP contribution in [0.1, 0.15) is 84.0 Å². The van der Waals surface area contributed by atoms with Crippen LogP contribution in [0.3, 0.4) is 0 Å². The molecule has 0 aromatic rings. The van der Waals surface area contributed by atoms with Crippen LogP contribution in [-0.2, 0) is 14.3 Å². The minimum absolute atomic E-state index is 0.122. The van der Waals surface area contributed by atoms with Crippen molar-refractivity contribution < 1.29 is 19.4 Å². The monoisotopic (exact) mass is 326 g/mol. The molecular formula is C19H34O4. The van der Waals surface area contributed by atoms with Crippen molar-refractivity contribution in [1.29, 1.82) is 0 Å². The molecule has 4 nitrogen and oxygen atoms in total. The molecule has 0 aromatic heterocycles. The first-order valence-corrected chi connectivity index (χ1v) is 9.29. The zero-order valence-electron chi connectivity index (χ0n) is 14.9. The van der Waals surface area contributed by atoms with Gasteiger partial charge in [0.25, 0.3) is 0 Å². The Morgan fingerprint density at radius 2 is 1.96 bits per heavy atom. The summed E-state index contributed by atoms with van der Waals surface area (Å²) in [6.07, 6.45) is 14.3. The molecule has 0 bridgehead atoms. The van der Waals surface area contributed by atoms with Crippen LogP contribution in [0.2, 0.25) is 0 Å². The van der Waals surface area contributed by atoms with Gasteiger partial charge in [0.05, 0.1) is 13.2 Å². The summed E-state index contributed by atoms with van der Waals surface area (Å²) in [5.74, 6) is 0.965. The normalized spacial score (nSPS) is 19.4. The van der Waals surface area contributed by atoms with Crippen LogP contribution in [0.5, 0.6) is 0 Å². The molecule has 4 heteroatoms. The third kappa shape index (κ3) is 10.4. The Labute approximate surface area is 141 Å². The minimum Gasteiger partial charge on any atom is -0.483 e. The zero-order chi connectivity index (χ0) is 16.9. The fourth-order valence-electron chi connectivity index (χ4n) is 2.74. The number of carbonyl (C=O) groups is 1. The quantitative estimate of drug-likeness (QED) is 0.290. The molecule has 1 aliphatic rings. The Kier molecular flexibility index (Phi) is 10.8. The van der Waals surface area contributed by atoms with Crippen molar-refractivity contribution in [3.63, 3.8) is 0 Å². The molecule has 134 valence electrons. The van der Waals surface area contributed by atoms with E-state index >= 15 is 0 Å². The number of aliphatic hydroxyl groups is 1. The van der Waals surface area contributed by atoms with E-state index in [1.54, 1.807) is 0 Å². The molecule has 0 aliphatic carbocycles. The van der Waals surface area contributed by atoms with Gasteiger partial charge in [-0.25, -0.2) is 0 Å². The standard InChI is InChI=1S/C19H34O4/c1-3-4-8-12-17-18(23-17)15-14-16(20)11-9-6-5-7-10-13-19(21)22-2/h15-17,20H,3-14H2,1-2H3/b18-15-. The average molecular weight is 326 g/mol. The molecule has 0 radical (unpaired) electrons. The Balaban J connectivity index is 1.91. The van der Waals surface area contributed by atoms with Crippen molar-refractivity contribution >= 4 is 5.97 Å². The summed E-state index contributed by atoms with van der Waals surface area (Å²) >= 11 is 0. The van der Waals surface area contributed by atoms with Crippen molar-refractivity contribution in [2.75, 3.05) is 7.11 Å². The number of unbranched alkanes of at least 4 members (excludes halogenated alkanes) is 6. The zero-order valence-corrected chi connectivity index (χ0v) is 14.9. The molecule has 2 unspecified atom stereocenters. The molecule has 23 heavy (non-hydrogen) atoms. The minimum atomic E-state index is -0.252. The summed E-state index contributed by atoms with van der Waals surface area (Å²) in [5, 5.41) is 9.97. The van der Waals surface area contributed by atoms with Gasteiger partial charge in [-0.1, -0.05) is 45.4 Å². The molecule has 0 amide bonds. The fraction of sp³-hybridized carbons (Fsp3) is 0.842. The number of hydrogen-bond acceptors (Lipinski definition) is 4. The van der Waals surface area contributed by atoms with Crippen molar-refractivity contribution in [2.45, 2.75) is 96.2 Å². The summed E-state index contributed by atoms with van der Waals surface area (Å²) in [4.78, 5) is 10.9. The van der Waals surface area contributed by atoms with E-state index in [0.29, 0.717) is 18.9 Å². The first-order valence-electron chi connectivity index (χ1n) is 9.29. The van der Waals surface area contributed by atoms with Crippen LogP contribution in [-0.4, -0.2) is 30.4 Å². The van der Waals surface area contributed by atoms with Crippen LogP contribution >= 0.6 is 0 Å². The summed E-state index contributed by atoms with van der Waals surface area (Å²) in [5.41, 5.74) is 0. The first kappa shape index (κ1) is 20.0. The topological polar surface area (TPSA) is 59.1 Å². The maximum Gasteiger partial charge on any atom is 0.305 e. The van der Waals surface area contributed by atoms with Gasteiger partial charge in [-0.05, 0) is 38.2 Å². The molecule has 1 saturated heterocycles. The van der Waals surface area contributed by atoms with Crippen LogP contribution in [0.25, 0.3) is 0 Å². The van der Waals surface area contributed by atoms with Crippen LogP contribution in [0, 0.1) is 0 Å². The molecule has 1 heterocycles. The SMILES string of the molecule is CCCCCC1O/C1=C\CC(O)CCCCCCCC(=O)OC. The maximum atomic E-state index is 10.9. The van der Waals surface area contributed by atoms with Crippen LogP contribution in [0.15, 0.2) is 11.8 Å². The molecule has 2 atom stereocenters. The van der Waals surface area contributed by atoms with E-state index in [1.807, 2.05) is 0 Å². The Bertz CT molecular complexity index is 351. The highest BCUT2D eigenvalue weighted by molar-refractivity contribution is 5.68. The largest absolute Gasteiger partial charge is 0.483 e. The number of rotatable bonds is 14. The number of carbonyl (C=O) groups excluding carboxylic acids is 1. The van der Waals surface area contributed by atoms with Gasteiger partial charge < -0.3 is 14.6 Å². The van der Waals surface area contributed by atoms with Crippen molar-refractivity contribution in [2.24, 2.45) is 0 Å². The number of ether oxygens (including phenoxy) is 2. The molecule has 0 aromatic carbocycles. The van der Waals surface area contributed by atoms with E-state index in [9.17, 15) is 9.90 Å². The molecule has 1 N–H and O–H groups in total. The lowest BCUT2D eigenvalue weighted by Crippen LogP contribution is -2.04. The number of aliphatic hydroxyl groups excluding tert-OH is 1. The van der Waals surface area contributed by atoms with Gasteiger partial charge in [0.1, 0.15) is 5.76 Å². The van der Waals surface area contributed by atoms with Gasteiger partial charge in [0, 0.05) is 6.42 Å². The summed E-state index contributed by atoms with van der Waals surface area (Å²) < 4.78 is 10.1. The van der Waals surface area contributed by atoms with E-state index < -0.39 is 0 Å². The highest BCUT2D eigenvalue weighted by atomic mass is 16.6. The summed E-state index contributed by atoms with van der Waals surface area (Å²) in [6.45, 7) is 2.21. The van der Waals surface area contributed by atoms with Crippen LogP contribution in [0.4, 0.5) is 0 Å². The molecule has 0 saturated carbocycles. The molecule has 1 aliphatic heterocycles. The molecule has 1 rings (SSSR count). The van der Waals surface area contributed by atoms with Gasteiger partial charge in [-0.2, -0.15) is 0 Å². The van der Waals surface area contributed by atoms with E-state index in [-0.39, 0.29) is 12.1 Å². The lowest BCUT2D eigenvalue weighted by atomic mass is 10.0. The van der Waals surface area contributed by atoms with E-state index in [1.165, 1.54) is 26.4 Å². The average Bonchev–Trinajstić information content (AvgIpc) is 3.30. The fourth-order valence-corrected chi connectivity index (χ4v) is 2.74. The van der Waals surface area contributed by atoms with Gasteiger partial charge in [0.15, 0.2) is 6.10 Å². The van der Waals surface area contributed by atoms with Gasteiger partial charge in [-0.15, -0.1) is 0 Å². The Hall–Kier alpha value is -1.03. The van der Waals surface area contributed by atoms with Crippen molar-refractivity contribution in [1.82, 2.24) is 0 Å². The predicted molar refractivity (Wildman–Crippen MR) is 92.1 cm³/mol. The highest BCUT2D eigenvalue weighted by Crippen LogP contribution is 2.32. The van der Waals surface area contributed by atoms with Gasteiger partial charge in [0.2, 0.25) is 0 Å². The van der Waals surface area contributed by atoms with E-state index in [4.69, 9.17) is 4.74 Å². The van der Waals surface area contributed by atoms with Gasteiger partial charge in [-0.3, -0.25) is 4.79 Å². The summed E-state index contributed by atoms with van der Waals surface area (Å²) in [6, 6.07) is 0. The second-order valence-corrected chi connectivity index (χ2v) is 6.48. The van der Waals surface area contributed by atoms with Crippen molar-refractivity contribution in [3.05, 3.63) is 11.8 Å². The smallest absolute Gasteiger partial charge is 0.305 e. The third-order valence-corrected chi connectivity index (χ3v) is 4.35. The molecular weight excluding hydrogens is 292 g/mol. The lowest BCUT2D eigenvalue weighted by Gasteiger charge is -2.07. The third-order valence-electron chi connectivity index (χ3n) is 4.35. The molecule has 0 spiro atoms. The van der Waals surface area contributed by atoms with E-state index in [0.717, 1.165) is 50.7 Å². The number of epoxide rings is 1. The number of esters is 1. The van der Waals surface area contributed by atoms with E-state index in [2.05, 4.69) is 17.7 Å². The number of methoxy groups -OCH3 is 1. The second-order valence-electron chi connectivity index (χ2n) is 6.48. The second kappa shape index (κ2) is 12.4. The molecule has 1 fully saturated rings. The Morgan fingerprint density at radius 3 is 2.70 bits per heavy atom. The maximum absolute atomic E-state index is 10.9. The Morgan fingerprint density at radius 1 is 1.22 bits per heavy atom. The lowest BCUT2D eigenvalue weighted by molar-refractivity contribution is -0.140.